The molecule has 2 aromatic carbocycles. The fraction of sp³-hybridized carbons (Fsp3) is 0.333. The summed E-state index contributed by atoms with van der Waals surface area (Å²) in [5.74, 6) is -0.681. The van der Waals surface area contributed by atoms with Gasteiger partial charge in [-0.1, -0.05) is 60.7 Å². The number of morpholine rings is 1. The second-order valence-electron chi connectivity index (χ2n) is 8.58. The van der Waals surface area contributed by atoms with Crippen LogP contribution in [0.2, 0.25) is 0 Å². The molecule has 1 fully saturated rings. The second-order valence-corrected chi connectivity index (χ2v) is 8.58. The van der Waals surface area contributed by atoms with Gasteiger partial charge in [-0.15, -0.1) is 0 Å². The molecule has 1 aliphatic rings. The number of amides is 1. The third-order valence-corrected chi connectivity index (χ3v) is 6.06. The van der Waals surface area contributed by atoms with Crippen LogP contribution in [0.4, 0.5) is 10.1 Å². The monoisotopic (exact) mass is 447 g/mol. The Labute approximate surface area is 194 Å². The van der Waals surface area contributed by atoms with Crippen LogP contribution in [0, 0.1) is 5.82 Å². The Kier molecular flexibility index (Phi) is 7.81. The molecule has 0 bridgehead atoms. The number of aromatic nitrogens is 1. The summed E-state index contributed by atoms with van der Waals surface area (Å²) in [6.45, 7) is 3.46. The summed E-state index contributed by atoms with van der Waals surface area (Å²) in [5, 5.41) is 6.30. The highest BCUT2D eigenvalue weighted by atomic mass is 19.1. The molecule has 4 rings (SSSR count). The van der Waals surface area contributed by atoms with Crippen LogP contribution in [-0.4, -0.2) is 36.2 Å². The summed E-state index contributed by atoms with van der Waals surface area (Å²) in [5.41, 5.74) is 3.02. The molecule has 0 spiro atoms. The minimum Gasteiger partial charge on any atom is -0.375 e. The van der Waals surface area contributed by atoms with E-state index in [1.807, 2.05) is 60.7 Å². The first-order valence-electron chi connectivity index (χ1n) is 11.5. The van der Waals surface area contributed by atoms with Gasteiger partial charge in [-0.05, 0) is 30.9 Å². The SMILES string of the molecule is C[C@H]1CO[C@H](CCc2c(F)cncc2NC(=O)CC(c2ccccc2)c2ccccc2)CN1. The lowest BCUT2D eigenvalue weighted by atomic mass is 9.88. The quantitative estimate of drug-likeness (QED) is 0.526. The summed E-state index contributed by atoms with van der Waals surface area (Å²) in [6.07, 6.45) is 4.13. The molecule has 3 aromatic rings. The molecule has 0 aliphatic carbocycles. The minimum absolute atomic E-state index is 0.0258. The molecular formula is C27H30FN3O2. The van der Waals surface area contributed by atoms with E-state index in [2.05, 4.69) is 22.5 Å². The molecule has 0 radical (unpaired) electrons. The van der Waals surface area contributed by atoms with Gasteiger partial charge < -0.3 is 15.4 Å². The topological polar surface area (TPSA) is 63.2 Å². The summed E-state index contributed by atoms with van der Waals surface area (Å²) < 4.78 is 20.5. The Balaban J connectivity index is 1.46. The molecular weight excluding hydrogens is 417 g/mol. The molecule has 1 amide bonds. The van der Waals surface area contributed by atoms with Gasteiger partial charge in [0.15, 0.2) is 0 Å². The first kappa shape index (κ1) is 23.1. The molecule has 6 heteroatoms. The Morgan fingerprint density at radius 3 is 2.39 bits per heavy atom. The van der Waals surface area contributed by atoms with E-state index < -0.39 is 5.82 Å². The van der Waals surface area contributed by atoms with Gasteiger partial charge in [0.05, 0.1) is 30.8 Å². The van der Waals surface area contributed by atoms with Gasteiger partial charge in [0.25, 0.3) is 0 Å². The molecule has 1 saturated heterocycles. The normalized spacial score (nSPS) is 18.3. The smallest absolute Gasteiger partial charge is 0.225 e. The van der Waals surface area contributed by atoms with Crippen molar-refractivity contribution in [3.8, 4) is 0 Å². The fourth-order valence-electron chi connectivity index (χ4n) is 4.23. The van der Waals surface area contributed by atoms with E-state index in [0.717, 1.165) is 17.7 Å². The zero-order chi connectivity index (χ0) is 23.0. The lowest BCUT2D eigenvalue weighted by Gasteiger charge is -2.28. The van der Waals surface area contributed by atoms with Crippen LogP contribution in [0.15, 0.2) is 73.1 Å². The van der Waals surface area contributed by atoms with Crippen molar-refractivity contribution >= 4 is 11.6 Å². The van der Waals surface area contributed by atoms with Crippen LogP contribution < -0.4 is 10.6 Å². The summed E-state index contributed by atoms with van der Waals surface area (Å²) in [6, 6.07) is 20.3. The zero-order valence-electron chi connectivity index (χ0n) is 18.8. The molecule has 0 saturated carbocycles. The Bertz CT molecular complexity index is 998. The van der Waals surface area contributed by atoms with Gasteiger partial charge in [0, 0.05) is 30.5 Å². The van der Waals surface area contributed by atoms with E-state index in [1.165, 1.54) is 12.4 Å². The van der Waals surface area contributed by atoms with Crippen molar-refractivity contribution in [3.05, 3.63) is 95.6 Å². The molecule has 5 nitrogen and oxygen atoms in total. The first-order chi connectivity index (χ1) is 16.1. The number of benzene rings is 2. The summed E-state index contributed by atoms with van der Waals surface area (Å²) in [7, 11) is 0. The van der Waals surface area contributed by atoms with E-state index in [0.29, 0.717) is 36.7 Å². The Hall–Kier alpha value is -3.09. The molecule has 33 heavy (non-hydrogen) atoms. The number of anilines is 1. The fourth-order valence-corrected chi connectivity index (χ4v) is 4.23. The van der Waals surface area contributed by atoms with Crippen molar-refractivity contribution in [2.45, 2.75) is 44.2 Å². The van der Waals surface area contributed by atoms with E-state index in [4.69, 9.17) is 4.74 Å². The van der Waals surface area contributed by atoms with Crippen LogP contribution in [-0.2, 0) is 16.0 Å². The minimum atomic E-state index is -0.410. The second kappa shape index (κ2) is 11.2. The molecule has 2 atom stereocenters. The summed E-state index contributed by atoms with van der Waals surface area (Å²) in [4.78, 5) is 17.0. The van der Waals surface area contributed by atoms with Crippen molar-refractivity contribution in [2.24, 2.45) is 0 Å². The average molecular weight is 448 g/mol. The van der Waals surface area contributed by atoms with Crippen molar-refractivity contribution in [2.75, 3.05) is 18.5 Å². The van der Waals surface area contributed by atoms with Crippen molar-refractivity contribution in [1.29, 1.82) is 0 Å². The van der Waals surface area contributed by atoms with Crippen LogP contribution >= 0.6 is 0 Å². The summed E-state index contributed by atoms with van der Waals surface area (Å²) >= 11 is 0. The van der Waals surface area contributed by atoms with Gasteiger partial charge in [0.2, 0.25) is 5.91 Å². The third-order valence-electron chi connectivity index (χ3n) is 6.06. The molecule has 1 aliphatic heterocycles. The van der Waals surface area contributed by atoms with Crippen LogP contribution in [0.5, 0.6) is 0 Å². The number of nitrogens with one attached hydrogen (secondary N) is 2. The molecule has 172 valence electrons. The Morgan fingerprint density at radius 2 is 1.79 bits per heavy atom. The van der Waals surface area contributed by atoms with Gasteiger partial charge >= 0.3 is 0 Å². The van der Waals surface area contributed by atoms with E-state index in [9.17, 15) is 9.18 Å². The van der Waals surface area contributed by atoms with Gasteiger partial charge in [-0.3, -0.25) is 9.78 Å². The van der Waals surface area contributed by atoms with Crippen molar-refractivity contribution in [1.82, 2.24) is 10.3 Å². The van der Waals surface area contributed by atoms with Crippen LogP contribution in [0.3, 0.4) is 0 Å². The predicted octanol–water partition coefficient (Wildman–Crippen LogP) is 4.69. The predicted molar refractivity (Wildman–Crippen MR) is 128 cm³/mol. The average Bonchev–Trinajstić information content (AvgIpc) is 2.84. The molecule has 0 unspecified atom stereocenters. The van der Waals surface area contributed by atoms with Gasteiger partial charge in [-0.25, -0.2) is 4.39 Å². The van der Waals surface area contributed by atoms with E-state index >= 15 is 0 Å². The standard InChI is InChI=1S/C27H30FN3O2/c1-19-18-33-22(15-30-19)12-13-23-25(28)16-29-17-26(23)31-27(32)14-24(20-8-4-2-5-9-20)21-10-6-3-7-11-21/h2-11,16-17,19,22,24,30H,12-15,18H2,1H3,(H,31,32)/t19-,22+/m0/s1. The van der Waals surface area contributed by atoms with Gasteiger partial charge in [0.1, 0.15) is 5.82 Å². The van der Waals surface area contributed by atoms with E-state index in [-0.39, 0.29) is 24.3 Å². The lowest BCUT2D eigenvalue weighted by molar-refractivity contribution is -0.116. The zero-order valence-corrected chi connectivity index (χ0v) is 18.8. The maximum Gasteiger partial charge on any atom is 0.225 e. The largest absolute Gasteiger partial charge is 0.375 e. The van der Waals surface area contributed by atoms with E-state index in [1.54, 1.807) is 0 Å². The number of carbonyl (C=O) groups is 1. The number of hydrogen-bond donors (Lipinski definition) is 2. The highest BCUT2D eigenvalue weighted by Gasteiger charge is 2.22. The maximum absolute atomic E-state index is 14.6. The van der Waals surface area contributed by atoms with Crippen molar-refractivity contribution < 1.29 is 13.9 Å². The van der Waals surface area contributed by atoms with Crippen LogP contribution in [0.1, 0.15) is 42.4 Å². The van der Waals surface area contributed by atoms with Crippen LogP contribution in [0.25, 0.3) is 0 Å². The Morgan fingerprint density at radius 1 is 1.12 bits per heavy atom. The molecule has 2 heterocycles. The molecule has 2 N–H and O–H groups in total. The number of nitrogens with zero attached hydrogens (tertiary/aromatic N) is 1. The highest BCUT2D eigenvalue weighted by Crippen LogP contribution is 2.29. The molecule has 1 aromatic heterocycles. The number of ether oxygens (including phenoxy) is 1. The highest BCUT2D eigenvalue weighted by molar-refractivity contribution is 5.92. The number of halogens is 1. The number of rotatable bonds is 8. The number of carbonyl (C=O) groups excluding carboxylic acids is 1. The maximum atomic E-state index is 14.6. The van der Waals surface area contributed by atoms with Crippen molar-refractivity contribution in [3.63, 3.8) is 0 Å². The van der Waals surface area contributed by atoms with Gasteiger partial charge in [-0.2, -0.15) is 0 Å². The number of pyridine rings is 1. The number of hydrogen-bond acceptors (Lipinski definition) is 4. The lowest BCUT2D eigenvalue weighted by Crippen LogP contribution is -2.44. The third kappa shape index (κ3) is 6.24. The first-order valence-corrected chi connectivity index (χ1v) is 11.5.